The minimum absolute atomic E-state index is 0.587. The molecule has 3 heteroatoms. The number of halogens is 1. The van der Waals surface area contributed by atoms with Gasteiger partial charge in [-0.2, -0.15) is 0 Å². The average Bonchev–Trinajstić information content (AvgIpc) is 2.47. The molecule has 2 aromatic carbocycles. The molecule has 0 saturated carbocycles. The molecule has 0 heterocycles. The molecule has 0 saturated heterocycles. The van der Waals surface area contributed by atoms with E-state index in [-0.39, 0.29) is 0 Å². The van der Waals surface area contributed by atoms with Gasteiger partial charge in [0, 0.05) is 12.1 Å². The zero-order valence-electron chi connectivity index (χ0n) is 11.9. The van der Waals surface area contributed by atoms with E-state index in [1.165, 1.54) is 11.1 Å². The molecule has 106 valence electrons. The standard InChI is InChI=1S/C17H20BrNO/c1-3-13-7-9-14(10-8-13)12-20-17-15(11-19-2)5-4-6-16(17)18/h4-10,19H,3,11-12H2,1-2H3. The maximum absolute atomic E-state index is 5.99. The Hall–Kier alpha value is -1.32. The molecule has 1 N–H and O–H groups in total. The van der Waals surface area contributed by atoms with E-state index in [9.17, 15) is 0 Å². The van der Waals surface area contributed by atoms with Crippen LogP contribution in [0.3, 0.4) is 0 Å². The van der Waals surface area contributed by atoms with E-state index in [0.717, 1.165) is 28.8 Å². The lowest BCUT2D eigenvalue weighted by Gasteiger charge is -2.13. The van der Waals surface area contributed by atoms with Crippen molar-refractivity contribution in [1.82, 2.24) is 5.32 Å². The zero-order chi connectivity index (χ0) is 14.4. The Balaban J connectivity index is 2.09. The van der Waals surface area contributed by atoms with Crippen molar-refractivity contribution in [3.8, 4) is 5.75 Å². The number of aryl methyl sites for hydroxylation is 1. The van der Waals surface area contributed by atoms with Crippen LogP contribution in [-0.4, -0.2) is 7.05 Å². The smallest absolute Gasteiger partial charge is 0.138 e. The Morgan fingerprint density at radius 1 is 1.05 bits per heavy atom. The summed E-state index contributed by atoms with van der Waals surface area (Å²) in [6.07, 6.45) is 1.07. The van der Waals surface area contributed by atoms with Gasteiger partial charge in [-0.3, -0.25) is 0 Å². The van der Waals surface area contributed by atoms with Crippen LogP contribution in [0.5, 0.6) is 5.75 Å². The number of rotatable bonds is 6. The number of benzene rings is 2. The minimum Gasteiger partial charge on any atom is -0.487 e. The SMILES string of the molecule is CCc1ccc(COc2c(Br)cccc2CNC)cc1. The van der Waals surface area contributed by atoms with Gasteiger partial charge in [-0.25, -0.2) is 0 Å². The maximum Gasteiger partial charge on any atom is 0.138 e. The molecule has 0 aliphatic carbocycles. The number of para-hydroxylation sites is 1. The Morgan fingerprint density at radius 3 is 2.40 bits per heavy atom. The summed E-state index contributed by atoms with van der Waals surface area (Å²) in [5.41, 5.74) is 3.70. The van der Waals surface area contributed by atoms with Crippen LogP contribution < -0.4 is 10.1 Å². The lowest BCUT2D eigenvalue weighted by atomic mass is 10.1. The van der Waals surface area contributed by atoms with Gasteiger partial charge in [0.1, 0.15) is 12.4 Å². The monoisotopic (exact) mass is 333 g/mol. The summed E-state index contributed by atoms with van der Waals surface area (Å²) in [4.78, 5) is 0. The van der Waals surface area contributed by atoms with E-state index in [0.29, 0.717) is 6.61 Å². The largest absolute Gasteiger partial charge is 0.487 e. The van der Waals surface area contributed by atoms with Crippen molar-refractivity contribution in [2.45, 2.75) is 26.5 Å². The number of hydrogen-bond donors (Lipinski definition) is 1. The molecule has 0 spiro atoms. The van der Waals surface area contributed by atoms with E-state index >= 15 is 0 Å². The van der Waals surface area contributed by atoms with Gasteiger partial charge in [-0.1, -0.05) is 43.3 Å². The Morgan fingerprint density at radius 2 is 1.75 bits per heavy atom. The van der Waals surface area contributed by atoms with E-state index < -0.39 is 0 Å². The minimum atomic E-state index is 0.587. The van der Waals surface area contributed by atoms with Gasteiger partial charge in [0.05, 0.1) is 4.47 Å². The molecule has 2 rings (SSSR count). The zero-order valence-corrected chi connectivity index (χ0v) is 13.5. The molecular weight excluding hydrogens is 314 g/mol. The van der Waals surface area contributed by atoms with E-state index in [1.54, 1.807) is 0 Å². The quantitative estimate of drug-likeness (QED) is 0.850. The molecule has 0 amide bonds. The molecular formula is C17H20BrNO. The van der Waals surface area contributed by atoms with Gasteiger partial charge >= 0.3 is 0 Å². The highest BCUT2D eigenvalue weighted by Gasteiger charge is 2.07. The van der Waals surface area contributed by atoms with Crippen LogP contribution in [-0.2, 0) is 19.6 Å². The first-order valence-corrected chi connectivity index (χ1v) is 7.66. The second kappa shape index (κ2) is 7.46. The van der Waals surface area contributed by atoms with Gasteiger partial charge < -0.3 is 10.1 Å². The van der Waals surface area contributed by atoms with Crippen LogP contribution in [0.15, 0.2) is 46.9 Å². The van der Waals surface area contributed by atoms with Crippen molar-refractivity contribution in [2.24, 2.45) is 0 Å². The number of hydrogen-bond acceptors (Lipinski definition) is 2. The van der Waals surface area contributed by atoms with Crippen LogP contribution >= 0.6 is 15.9 Å². The Bertz CT molecular complexity index is 551. The molecule has 0 aliphatic rings. The fourth-order valence-corrected chi connectivity index (χ4v) is 2.59. The lowest BCUT2D eigenvalue weighted by Crippen LogP contribution is -2.08. The molecule has 0 radical (unpaired) electrons. The maximum atomic E-state index is 5.99. The first-order chi connectivity index (χ1) is 9.74. The molecule has 0 bridgehead atoms. The highest BCUT2D eigenvalue weighted by atomic mass is 79.9. The highest BCUT2D eigenvalue weighted by Crippen LogP contribution is 2.29. The average molecular weight is 334 g/mol. The van der Waals surface area contributed by atoms with Crippen LogP contribution in [0.2, 0.25) is 0 Å². The summed E-state index contributed by atoms with van der Waals surface area (Å²) in [7, 11) is 1.94. The van der Waals surface area contributed by atoms with Gasteiger partial charge in [0.2, 0.25) is 0 Å². The molecule has 20 heavy (non-hydrogen) atoms. The first kappa shape index (κ1) is 15.1. The number of ether oxygens (including phenoxy) is 1. The molecule has 0 aliphatic heterocycles. The first-order valence-electron chi connectivity index (χ1n) is 6.87. The van der Waals surface area contributed by atoms with Gasteiger partial charge in [0.25, 0.3) is 0 Å². The molecule has 0 fully saturated rings. The van der Waals surface area contributed by atoms with Crippen LogP contribution in [0.25, 0.3) is 0 Å². The summed E-state index contributed by atoms with van der Waals surface area (Å²) in [5, 5.41) is 3.16. The van der Waals surface area contributed by atoms with E-state index in [2.05, 4.69) is 58.5 Å². The van der Waals surface area contributed by atoms with Crippen LogP contribution in [0.4, 0.5) is 0 Å². The van der Waals surface area contributed by atoms with Crippen LogP contribution in [0.1, 0.15) is 23.6 Å². The van der Waals surface area contributed by atoms with Crippen molar-refractivity contribution in [3.05, 3.63) is 63.6 Å². The van der Waals surface area contributed by atoms with Gasteiger partial charge in [-0.05, 0) is 46.6 Å². The molecule has 0 unspecified atom stereocenters. The Kier molecular flexibility index (Phi) is 5.62. The second-order valence-electron chi connectivity index (χ2n) is 4.72. The summed E-state index contributed by atoms with van der Waals surface area (Å²) in [5.74, 6) is 0.918. The van der Waals surface area contributed by atoms with Crippen molar-refractivity contribution in [2.75, 3.05) is 7.05 Å². The van der Waals surface area contributed by atoms with Crippen molar-refractivity contribution in [1.29, 1.82) is 0 Å². The van der Waals surface area contributed by atoms with Crippen molar-refractivity contribution >= 4 is 15.9 Å². The molecule has 0 aromatic heterocycles. The predicted octanol–water partition coefficient (Wildman–Crippen LogP) is 4.31. The van der Waals surface area contributed by atoms with Gasteiger partial charge in [-0.15, -0.1) is 0 Å². The fourth-order valence-electron chi connectivity index (χ4n) is 2.07. The molecule has 0 atom stereocenters. The Labute approximate surface area is 129 Å². The topological polar surface area (TPSA) is 21.3 Å². The fraction of sp³-hybridized carbons (Fsp3) is 0.294. The normalized spacial score (nSPS) is 10.6. The van der Waals surface area contributed by atoms with Crippen LogP contribution in [0, 0.1) is 0 Å². The van der Waals surface area contributed by atoms with Crippen molar-refractivity contribution < 1.29 is 4.74 Å². The molecule has 2 nitrogen and oxygen atoms in total. The third-order valence-corrected chi connectivity index (χ3v) is 3.85. The summed E-state index contributed by atoms with van der Waals surface area (Å²) in [6.45, 7) is 3.55. The molecule has 2 aromatic rings. The highest BCUT2D eigenvalue weighted by molar-refractivity contribution is 9.10. The van der Waals surface area contributed by atoms with Crippen molar-refractivity contribution in [3.63, 3.8) is 0 Å². The third kappa shape index (κ3) is 3.84. The number of nitrogens with one attached hydrogen (secondary N) is 1. The van der Waals surface area contributed by atoms with E-state index in [4.69, 9.17) is 4.74 Å². The third-order valence-electron chi connectivity index (χ3n) is 3.23. The second-order valence-corrected chi connectivity index (χ2v) is 5.57. The summed E-state index contributed by atoms with van der Waals surface area (Å²) in [6, 6.07) is 14.7. The van der Waals surface area contributed by atoms with E-state index in [1.807, 2.05) is 19.2 Å². The lowest BCUT2D eigenvalue weighted by molar-refractivity contribution is 0.300. The van der Waals surface area contributed by atoms with Gasteiger partial charge in [0.15, 0.2) is 0 Å². The predicted molar refractivity (Wildman–Crippen MR) is 87.1 cm³/mol. The summed E-state index contributed by atoms with van der Waals surface area (Å²) >= 11 is 3.56. The summed E-state index contributed by atoms with van der Waals surface area (Å²) < 4.78 is 6.99.